The van der Waals surface area contributed by atoms with Gasteiger partial charge in [-0.25, -0.2) is 22.4 Å². The number of carboxylic acids is 3. The molecule has 0 atom stereocenters. The number of likely N-dealkylation sites (tertiary alicyclic amines) is 4. The van der Waals surface area contributed by atoms with Crippen LogP contribution in [0.1, 0.15) is 134 Å². The second-order valence-corrected chi connectivity index (χ2v) is 28.1. The van der Waals surface area contributed by atoms with Gasteiger partial charge in [0.1, 0.15) is 23.3 Å². The van der Waals surface area contributed by atoms with Crippen molar-refractivity contribution in [2.45, 2.75) is 123 Å². The Morgan fingerprint density at radius 1 is 0.388 bits per heavy atom. The number of hydrogen-bond acceptors (Lipinski definition) is 18. The molecule has 0 radical (unpaired) electrons. The molecule has 6 aliphatic heterocycles. The van der Waals surface area contributed by atoms with Gasteiger partial charge in [-0.3, -0.25) is 38.4 Å². The van der Waals surface area contributed by atoms with E-state index in [2.05, 4.69) is 15.5 Å². The number of hydrogen-bond donors (Lipinski definition) is 4. The van der Waals surface area contributed by atoms with Gasteiger partial charge in [-0.2, -0.15) is 0 Å². The van der Waals surface area contributed by atoms with Crippen LogP contribution in [0.5, 0.6) is 23.0 Å². The first-order chi connectivity index (χ1) is 55.3. The molecule has 6 heterocycles. The van der Waals surface area contributed by atoms with Crippen molar-refractivity contribution in [2.24, 2.45) is 29.6 Å². The number of carbonyl (C=O) groups is 9. The smallest absolute Gasteiger partial charge is 0.550 e. The molecule has 6 aromatic rings. The number of para-hydroxylation sites is 2. The molecule has 116 heavy (non-hydrogen) atoms. The zero-order chi connectivity index (χ0) is 83.9. The van der Waals surface area contributed by atoms with Crippen LogP contribution >= 0.6 is 0 Å². The average molecular weight is 1610 g/mol. The van der Waals surface area contributed by atoms with Crippen molar-refractivity contribution in [1.29, 1.82) is 0 Å². The van der Waals surface area contributed by atoms with Crippen molar-refractivity contribution in [1.82, 2.24) is 30.2 Å². The maximum atomic E-state index is 13.0. The number of benzene rings is 6. The molecule has 0 aromatic heterocycles. The number of piperidine rings is 6. The van der Waals surface area contributed by atoms with Crippen molar-refractivity contribution in [3.05, 3.63) is 195 Å². The van der Waals surface area contributed by atoms with Crippen LogP contribution in [0.25, 0.3) is 0 Å². The first kappa shape index (κ1) is 96.4. The molecule has 6 saturated heterocycles. The van der Waals surface area contributed by atoms with Gasteiger partial charge in [0.25, 0.3) is 6.04 Å². The molecule has 624 valence electrons. The van der Waals surface area contributed by atoms with E-state index in [0.29, 0.717) is 143 Å². The minimum absolute atomic E-state index is 0. The van der Waals surface area contributed by atoms with Crippen molar-refractivity contribution in [3.63, 3.8) is 0 Å². The largest absolute Gasteiger partial charge is 1.00 e. The molecule has 6 aromatic carbocycles. The summed E-state index contributed by atoms with van der Waals surface area (Å²) in [4.78, 5) is 129. The number of ether oxygens (including phenoxy) is 4. The first-order valence-electron chi connectivity index (χ1n) is 39.0. The summed E-state index contributed by atoms with van der Waals surface area (Å²) in [6.45, 7) is 11.5. The van der Waals surface area contributed by atoms with Gasteiger partial charge in [0.2, 0.25) is 28.6 Å². The zero-order valence-corrected chi connectivity index (χ0v) is 67.6. The van der Waals surface area contributed by atoms with E-state index in [9.17, 15) is 70.7 Å². The number of nitrogens with zero attached hydrogens (tertiary/aromatic N) is 5. The number of Topliss-reactive ketones (excluding diaryl/α,β-unsaturated/α-hetero) is 2. The number of aliphatic carboxylic acids is 3. The van der Waals surface area contributed by atoms with Crippen LogP contribution in [-0.4, -0.2) is 208 Å². The van der Waals surface area contributed by atoms with Gasteiger partial charge in [0.15, 0.2) is 41.7 Å². The second-order valence-electron chi connectivity index (χ2n) is 28.1. The van der Waals surface area contributed by atoms with Gasteiger partial charge in [-0.15, -0.1) is 0 Å². The van der Waals surface area contributed by atoms with Crippen molar-refractivity contribution in [3.8, 4) is 23.0 Å². The summed E-state index contributed by atoms with van der Waals surface area (Å²) < 4.78 is 72.5. The summed E-state index contributed by atoms with van der Waals surface area (Å²) in [5.41, 5.74) is 4.24. The first-order valence-corrected chi connectivity index (χ1v) is 39.0. The Morgan fingerprint density at radius 2 is 0.647 bits per heavy atom. The fourth-order valence-electron chi connectivity index (χ4n) is 13.9. The summed E-state index contributed by atoms with van der Waals surface area (Å²) in [7, 11) is 7.55. The van der Waals surface area contributed by atoms with E-state index < -0.39 is 23.8 Å². The molecule has 0 bridgehead atoms. The van der Waals surface area contributed by atoms with Crippen LogP contribution in [0, 0.1) is 57.8 Å². The fourth-order valence-corrected chi connectivity index (χ4v) is 13.9. The van der Waals surface area contributed by atoms with E-state index >= 15 is 0 Å². The molecule has 0 saturated carbocycles. The number of amides is 4. The van der Waals surface area contributed by atoms with Gasteiger partial charge < -0.3 is 69.3 Å². The Balaban J connectivity index is 0.000000252. The molecule has 12 rings (SSSR count). The van der Waals surface area contributed by atoms with Crippen molar-refractivity contribution < 1.29 is 124 Å². The number of methoxy groups -OCH3 is 4. The minimum Gasteiger partial charge on any atom is -0.550 e. The summed E-state index contributed by atoms with van der Waals surface area (Å²) >= 11 is 0. The fraction of sp³-hybridized carbons (Fsp3) is 0.477. The Morgan fingerprint density at radius 3 is 0.905 bits per heavy atom. The van der Waals surface area contributed by atoms with Gasteiger partial charge >= 0.3 is 30.8 Å². The summed E-state index contributed by atoms with van der Waals surface area (Å²) in [6.07, 6.45) is 8.61. The second kappa shape index (κ2) is 51.0. The van der Waals surface area contributed by atoms with Crippen LogP contribution < -0.4 is 53.5 Å². The molecule has 6 aliphatic rings. The van der Waals surface area contributed by atoms with E-state index in [-0.39, 0.29) is 133 Å². The maximum Gasteiger partial charge on any atom is 1.00 e. The summed E-state index contributed by atoms with van der Waals surface area (Å²) in [5.74, 6) is -2.46. The normalized spacial score (nSPS) is 15.9. The Kier molecular flexibility index (Phi) is 42.4. The van der Waals surface area contributed by atoms with Crippen LogP contribution in [0.4, 0.5) is 17.6 Å². The average Bonchev–Trinajstić information content (AvgIpc) is 0.817. The Hall–Kier alpha value is -10.2. The Bertz CT molecular complexity index is 4000. The number of halogens is 4. The Labute approximate surface area is 687 Å². The van der Waals surface area contributed by atoms with E-state index in [1.807, 2.05) is 26.0 Å². The van der Waals surface area contributed by atoms with Crippen LogP contribution in [0.3, 0.4) is 0 Å². The molecule has 25 nitrogen and oxygen atoms in total. The molecule has 0 spiro atoms. The number of ketones is 2. The third kappa shape index (κ3) is 31.1. The molecular formula is C86H109F4LiN7O18+. The van der Waals surface area contributed by atoms with Crippen LogP contribution in [0.15, 0.2) is 133 Å². The monoisotopic (exact) mass is 1610 g/mol. The van der Waals surface area contributed by atoms with Gasteiger partial charge in [-0.1, -0.05) is 74.5 Å². The van der Waals surface area contributed by atoms with E-state index in [1.54, 1.807) is 107 Å². The van der Waals surface area contributed by atoms with Crippen LogP contribution in [-0.2, 0) is 64.1 Å². The topological polar surface area (TPSA) is 320 Å². The predicted octanol–water partition coefficient (Wildman–Crippen LogP) is 7.24. The predicted molar refractivity (Wildman–Crippen MR) is 419 cm³/mol. The zero-order valence-electron chi connectivity index (χ0n) is 67.6. The molecular weight excluding hydrogens is 1500 g/mol. The van der Waals surface area contributed by atoms with Crippen LogP contribution in [0.2, 0.25) is 0 Å². The number of carboxylic acid groups (broad SMARTS) is 3. The minimum atomic E-state index is -1.04. The van der Waals surface area contributed by atoms with Gasteiger partial charge in [0.05, 0.1) is 82.0 Å². The summed E-state index contributed by atoms with van der Waals surface area (Å²) in [6, 6.07) is 34.1. The molecule has 6 fully saturated rings. The third-order valence-electron chi connectivity index (χ3n) is 20.7. The standard InChI is InChI=1S/C22H24FNO4.C14H18FN2O3.2C14H16FNO3.C14H19NO3.C6H11NO2.C2H6.Li/c1-27-19-5-3-4-18(22(19)28-2)21(26)16-10-12-24(13-11-16)20(25)14-15-6-8-17(23)9-7-15;1-20-17(19)13-6-8-16(9-7-13)14(18)10-11-2-4-12(15)5-3-11;2*15-12-3-1-10(2-4-12)9-13(17)16-7-5-11(6-8-16)14(18)19;1-17-12-5-3-4-11(14(12)18-2)13(16)10-6-8-15-9-7-10;8-6(9)5-1-3-7-4-2-5;1-2;/h3-9,16H,10-14H2,1-2H3;2-5,13H,6-10H2,1H3;2*1-4,11H,5-9H2,(H,18,19);3-5,10,15H,6-9H2,1-2H3;5,7H,1-4H2,(H,8,9);1-2H3;/q;+1;;;;;;+1/p-1. The molecule has 30 heteroatoms. The third-order valence-corrected chi connectivity index (χ3v) is 20.7. The molecule has 0 unspecified atom stereocenters. The molecule has 4 N–H and O–H groups in total. The number of carbonyl (C=O) groups excluding carboxylic acids is 7. The van der Waals surface area contributed by atoms with E-state index in [0.717, 1.165) is 74.1 Å². The van der Waals surface area contributed by atoms with Crippen molar-refractivity contribution in [2.75, 3.05) is 114 Å². The van der Waals surface area contributed by atoms with E-state index in [4.69, 9.17) is 29.2 Å². The number of rotatable bonds is 21. The van der Waals surface area contributed by atoms with Gasteiger partial charge in [0, 0.05) is 88.9 Å². The quantitative estimate of drug-likeness (QED) is 0.0239. The SMILES string of the molecule is CC.CO[N+](=O)C1CCN(C(=O)Cc2ccc(F)cc2)CC1.COc1cccc(C(=O)C2CCN(C(=O)Cc3ccc(F)cc3)CC2)c1OC.COc1cccc(C(=O)C2CCNCC2)c1OC.O=C(O)C1CCN(C(=O)Cc2ccc(F)cc2)CC1.O=C(O)C1CCNCC1.O=C([O-])C1CCN(C(=O)Cc2ccc(F)cc2)CC1.[Li+]. The number of nitrogens with one attached hydrogen (secondary N) is 2. The summed E-state index contributed by atoms with van der Waals surface area (Å²) in [5, 5.41) is 34.5. The maximum absolute atomic E-state index is 13.0. The molecule has 4 amide bonds. The molecule has 0 aliphatic carbocycles. The van der Waals surface area contributed by atoms with E-state index in [1.165, 1.54) is 69.9 Å². The van der Waals surface area contributed by atoms with Gasteiger partial charge in [-0.05, 0) is 185 Å². The van der Waals surface area contributed by atoms with Crippen molar-refractivity contribution >= 4 is 53.1 Å².